The fraction of sp³-hybridized carbons (Fsp3) is 0.389. The van der Waals surface area contributed by atoms with Gasteiger partial charge in [0, 0.05) is 18.9 Å². The van der Waals surface area contributed by atoms with Crippen LogP contribution in [0.2, 0.25) is 0 Å². The summed E-state index contributed by atoms with van der Waals surface area (Å²) in [6, 6.07) is 6.43. The van der Waals surface area contributed by atoms with E-state index in [1.165, 1.54) is 6.26 Å². The molecule has 2 rings (SSSR count). The molecule has 1 aromatic heterocycles. The number of amides is 1. The Morgan fingerprint density at radius 3 is 2.83 bits per heavy atom. The third kappa shape index (κ3) is 5.45. The van der Waals surface area contributed by atoms with Crippen molar-refractivity contribution < 1.29 is 23.1 Å². The molecule has 0 radical (unpaired) electrons. The molecule has 2 unspecified atom stereocenters. The molecule has 2 aromatic rings. The minimum atomic E-state index is -0.781. The van der Waals surface area contributed by atoms with Crippen molar-refractivity contribution in [3.63, 3.8) is 0 Å². The van der Waals surface area contributed by atoms with Gasteiger partial charge in [0.25, 0.3) is 0 Å². The van der Waals surface area contributed by atoms with Crippen molar-refractivity contribution in [2.24, 2.45) is 0 Å². The summed E-state index contributed by atoms with van der Waals surface area (Å²) in [6.07, 6.45) is 1.94. The van der Waals surface area contributed by atoms with Crippen molar-refractivity contribution in [2.75, 3.05) is 0 Å². The number of aliphatic hydroxyl groups is 1. The zero-order chi connectivity index (χ0) is 17.5. The topological polar surface area (TPSA) is 62.5 Å². The highest BCUT2D eigenvalue weighted by molar-refractivity contribution is 5.76. The predicted octanol–water partition coefficient (Wildman–Crippen LogP) is 3.51. The van der Waals surface area contributed by atoms with E-state index in [4.69, 9.17) is 4.42 Å². The van der Waals surface area contributed by atoms with E-state index in [2.05, 4.69) is 5.32 Å². The number of benzene rings is 1. The predicted molar refractivity (Wildman–Crippen MR) is 85.2 cm³/mol. The summed E-state index contributed by atoms with van der Waals surface area (Å²) in [7, 11) is 0. The average molecular weight is 337 g/mol. The molecule has 130 valence electrons. The Bertz CT molecular complexity index is 658. The van der Waals surface area contributed by atoms with E-state index in [0.717, 1.165) is 18.2 Å². The molecule has 2 N–H and O–H groups in total. The highest BCUT2D eigenvalue weighted by Crippen LogP contribution is 2.18. The maximum absolute atomic E-state index is 13.5. The van der Waals surface area contributed by atoms with E-state index >= 15 is 0 Å². The first-order valence-electron chi connectivity index (χ1n) is 7.90. The molecule has 0 saturated carbocycles. The molecule has 0 aliphatic carbocycles. The van der Waals surface area contributed by atoms with E-state index in [9.17, 15) is 18.7 Å². The number of carbonyl (C=O) groups is 1. The number of hydrogen-bond donors (Lipinski definition) is 2. The highest BCUT2D eigenvalue weighted by Gasteiger charge is 2.16. The second-order valence-corrected chi connectivity index (χ2v) is 5.82. The van der Waals surface area contributed by atoms with E-state index < -0.39 is 17.7 Å². The quantitative estimate of drug-likeness (QED) is 0.775. The normalized spacial score (nSPS) is 13.5. The lowest BCUT2D eigenvalue weighted by Gasteiger charge is -2.16. The van der Waals surface area contributed by atoms with Gasteiger partial charge in [0.05, 0.1) is 6.26 Å². The molecule has 6 heteroatoms. The summed E-state index contributed by atoms with van der Waals surface area (Å²) in [5, 5.41) is 12.7. The standard InChI is InChI=1S/C18H21F2NO3/c1-12(10-16(22)17-5-3-9-24-17)21-18(23)6-2-4-13-11-14(19)7-8-15(13)20/h3,5,7-9,11-12,16,22H,2,4,6,10H2,1H3,(H,21,23). The smallest absolute Gasteiger partial charge is 0.220 e. The molecular weight excluding hydrogens is 316 g/mol. The first-order chi connectivity index (χ1) is 11.5. The summed E-state index contributed by atoms with van der Waals surface area (Å²) in [4.78, 5) is 11.9. The zero-order valence-electron chi connectivity index (χ0n) is 13.5. The second kappa shape index (κ2) is 8.59. The van der Waals surface area contributed by atoms with Crippen molar-refractivity contribution in [2.45, 2.75) is 44.8 Å². The molecule has 0 saturated heterocycles. The summed E-state index contributed by atoms with van der Waals surface area (Å²) in [5.41, 5.74) is 0.268. The van der Waals surface area contributed by atoms with E-state index in [0.29, 0.717) is 25.0 Å². The van der Waals surface area contributed by atoms with Crippen molar-refractivity contribution in [1.29, 1.82) is 0 Å². The van der Waals surface area contributed by atoms with Gasteiger partial charge in [-0.15, -0.1) is 0 Å². The Labute approximate surface area is 139 Å². The van der Waals surface area contributed by atoms with E-state index in [-0.39, 0.29) is 23.9 Å². The van der Waals surface area contributed by atoms with Gasteiger partial charge in [0.15, 0.2) is 0 Å². The van der Waals surface area contributed by atoms with Gasteiger partial charge >= 0.3 is 0 Å². The Kier molecular flexibility index (Phi) is 6.49. The number of rotatable bonds is 8. The minimum Gasteiger partial charge on any atom is -0.467 e. The molecule has 1 heterocycles. The Morgan fingerprint density at radius 2 is 2.12 bits per heavy atom. The lowest BCUT2D eigenvalue weighted by Crippen LogP contribution is -2.33. The first kappa shape index (κ1) is 18.1. The van der Waals surface area contributed by atoms with Crippen molar-refractivity contribution >= 4 is 5.91 Å². The summed E-state index contributed by atoms with van der Waals surface area (Å²) < 4.78 is 31.7. The van der Waals surface area contributed by atoms with Gasteiger partial charge in [0.2, 0.25) is 5.91 Å². The average Bonchev–Trinajstić information content (AvgIpc) is 3.05. The zero-order valence-corrected chi connectivity index (χ0v) is 13.5. The third-order valence-corrected chi connectivity index (χ3v) is 3.71. The van der Waals surface area contributed by atoms with Crippen molar-refractivity contribution in [1.82, 2.24) is 5.32 Å². The van der Waals surface area contributed by atoms with Crippen LogP contribution in [0.5, 0.6) is 0 Å². The van der Waals surface area contributed by atoms with Gasteiger partial charge in [-0.2, -0.15) is 0 Å². The van der Waals surface area contributed by atoms with Gasteiger partial charge in [-0.25, -0.2) is 8.78 Å². The van der Waals surface area contributed by atoms with Gasteiger partial charge in [0.1, 0.15) is 23.5 Å². The third-order valence-electron chi connectivity index (χ3n) is 3.71. The van der Waals surface area contributed by atoms with Crippen LogP contribution in [-0.2, 0) is 11.2 Å². The van der Waals surface area contributed by atoms with Crippen LogP contribution < -0.4 is 5.32 Å². The monoisotopic (exact) mass is 337 g/mol. The molecule has 2 atom stereocenters. The van der Waals surface area contributed by atoms with Crippen molar-refractivity contribution in [3.05, 3.63) is 59.6 Å². The fourth-order valence-electron chi connectivity index (χ4n) is 2.51. The van der Waals surface area contributed by atoms with E-state index in [1.54, 1.807) is 19.1 Å². The molecular formula is C18H21F2NO3. The number of hydrogen-bond acceptors (Lipinski definition) is 3. The molecule has 1 aromatic carbocycles. The maximum Gasteiger partial charge on any atom is 0.220 e. The lowest BCUT2D eigenvalue weighted by atomic mass is 10.1. The molecule has 4 nitrogen and oxygen atoms in total. The van der Waals surface area contributed by atoms with Crippen LogP contribution in [0.15, 0.2) is 41.0 Å². The number of halogens is 2. The van der Waals surface area contributed by atoms with Gasteiger partial charge < -0.3 is 14.8 Å². The van der Waals surface area contributed by atoms with Crippen LogP contribution in [0.4, 0.5) is 8.78 Å². The molecule has 0 fully saturated rings. The Morgan fingerprint density at radius 1 is 1.33 bits per heavy atom. The van der Waals surface area contributed by atoms with Gasteiger partial charge in [-0.3, -0.25) is 4.79 Å². The SMILES string of the molecule is CC(CC(O)c1ccco1)NC(=O)CCCc1cc(F)ccc1F. The fourth-order valence-corrected chi connectivity index (χ4v) is 2.51. The highest BCUT2D eigenvalue weighted by atomic mass is 19.1. The number of aryl methyl sites for hydroxylation is 1. The van der Waals surface area contributed by atoms with Crippen LogP contribution in [-0.4, -0.2) is 17.1 Å². The largest absolute Gasteiger partial charge is 0.467 e. The van der Waals surface area contributed by atoms with E-state index in [1.807, 2.05) is 0 Å². The summed E-state index contributed by atoms with van der Waals surface area (Å²) >= 11 is 0. The molecule has 1 amide bonds. The first-order valence-corrected chi connectivity index (χ1v) is 7.90. The number of nitrogens with one attached hydrogen (secondary N) is 1. The second-order valence-electron chi connectivity index (χ2n) is 5.82. The van der Waals surface area contributed by atoms with Gasteiger partial charge in [-0.05, 0) is 55.7 Å². The van der Waals surface area contributed by atoms with Crippen LogP contribution >= 0.6 is 0 Å². The number of aliphatic hydroxyl groups excluding tert-OH is 1. The van der Waals surface area contributed by atoms with Crippen LogP contribution in [0.3, 0.4) is 0 Å². The molecule has 0 aliphatic heterocycles. The Balaban J connectivity index is 1.71. The summed E-state index contributed by atoms with van der Waals surface area (Å²) in [6.45, 7) is 1.79. The lowest BCUT2D eigenvalue weighted by molar-refractivity contribution is -0.121. The number of furan rings is 1. The molecule has 0 spiro atoms. The molecule has 0 aliphatic rings. The van der Waals surface area contributed by atoms with Crippen molar-refractivity contribution in [3.8, 4) is 0 Å². The van der Waals surface area contributed by atoms with Crippen LogP contribution in [0, 0.1) is 11.6 Å². The Hall–Kier alpha value is -2.21. The minimum absolute atomic E-state index is 0.189. The maximum atomic E-state index is 13.5. The van der Waals surface area contributed by atoms with Gasteiger partial charge in [-0.1, -0.05) is 0 Å². The number of carbonyl (C=O) groups excluding carboxylic acids is 1. The summed E-state index contributed by atoms with van der Waals surface area (Å²) in [5.74, 6) is -0.688. The molecule has 24 heavy (non-hydrogen) atoms. The molecule has 0 bridgehead atoms. The van der Waals surface area contributed by atoms with Crippen LogP contribution in [0.25, 0.3) is 0 Å². The van der Waals surface area contributed by atoms with Crippen LogP contribution in [0.1, 0.15) is 43.6 Å².